The average molecular weight is 363 g/mol. The number of hydrogen-bond acceptors (Lipinski definition) is 9. The van der Waals surface area contributed by atoms with Gasteiger partial charge >= 0.3 is 0 Å². The Balaban J connectivity index is 2.15. The van der Waals surface area contributed by atoms with Crippen molar-refractivity contribution in [1.29, 1.82) is 5.26 Å². The number of anilines is 1. The van der Waals surface area contributed by atoms with E-state index in [-0.39, 0.29) is 24.0 Å². The maximum atomic E-state index is 10.1. The third kappa shape index (κ3) is 4.37. The van der Waals surface area contributed by atoms with Gasteiger partial charge < -0.3 is 34.8 Å². The second kappa shape index (κ2) is 8.75. The molecule has 0 fully saturated rings. The number of aliphatic hydroxyl groups is 5. The Morgan fingerprint density at radius 1 is 1.12 bits per heavy atom. The van der Waals surface area contributed by atoms with Crippen molar-refractivity contribution in [2.75, 3.05) is 25.1 Å². The molecule has 140 valence electrons. The van der Waals surface area contributed by atoms with Gasteiger partial charge in [-0.2, -0.15) is 10.2 Å². The van der Waals surface area contributed by atoms with E-state index in [0.29, 0.717) is 5.56 Å². The number of nitrogens with zero attached hydrogens (tertiary/aromatic N) is 3. The predicted molar refractivity (Wildman–Crippen MR) is 91.0 cm³/mol. The number of aliphatic hydroxyl groups excluding tert-OH is 5. The standard InChI is InChI=1S/C17H21N3O6/c1-20(8-12(22)14(24)15(25)13(23)9-21)17-11(7-18)19-16(26-17)10-5-3-2-4-6-10/h2-6,12-15,21-25H,8-9H2,1H3/t12-,13+,14-,15+/m0/s1. The van der Waals surface area contributed by atoms with Crippen LogP contribution in [0.1, 0.15) is 5.69 Å². The number of likely N-dealkylation sites (N-methyl/N-ethyl adjacent to an activating group) is 1. The molecular weight excluding hydrogens is 342 g/mol. The van der Waals surface area contributed by atoms with E-state index >= 15 is 0 Å². The maximum absolute atomic E-state index is 10.1. The van der Waals surface area contributed by atoms with Crippen LogP contribution in [-0.4, -0.2) is 75.1 Å². The highest BCUT2D eigenvalue weighted by atomic mass is 16.4. The lowest BCUT2D eigenvalue weighted by molar-refractivity contribution is -0.112. The third-order valence-electron chi connectivity index (χ3n) is 3.87. The van der Waals surface area contributed by atoms with E-state index in [1.807, 2.05) is 12.1 Å². The number of aromatic nitrogens is 1. The molecule has 2 rings (SSSR count). The summed E-state index contributed by atoms with van der Waals surface area (Å²) in [4.78, 5) is 5.48. The van der Waals surface area contributed by atoms with Gasteiger partial charge in [0.05, 0.1) is 6.61 Å². The molecule has 26 heavy (non-hydrogen) atoms. The predicted octanol–water partition coefficient (Wildman–Crippen LogP) is -0.915. The summed E-state index contributed by atoms with van der Waals surface area (Å²) in [7, 11) is 1.51. The van der Waals surface area contributed by atoms with Gasteiger partial charge in [0.25, 0.3) is 0 Å². The van der Waals surface area contributed by atoms with Crippen LogP contribution in [0, 0.1) is 11.3 Å². The van der Waals surface area contributed by atoms with Crippen LogP contribution in [0.5, 0.6) is 0 Å². The van der Waals surface area contributed by atoms with Crippen molar-refractivity contribution in [2.24, 2.45) is 0 Å². The molecule has 1 aromatic carbocycles. The van der Waals surface area contributed by atoms with Crippen molar-refractivity contribution in [3.63, 3.8) is 0 Å². The van der Waals surface area contributed by atoms with E-state index in [0.717, 1.165) is 0 Å². The minimum Gasteiger partial charge on any atom is -0.419 e. The van der Waals surface area contributed by atoms with Crippen molar-refractivity contribution in [2.45, 2.75) is 24.4 Å². The van der Waals surface area contributed by atoms with Crippen LogP contribution < -0.4 is 4.90 Å². The summed E-state index contributed by atoms with van der Waals surface area (Å²) < 4.78 is 5.61. The lowest BCUT2D eigenvalue weighted by atomic mass is 10.0. The molecule has 1 aromatic heterocycles. The highest BCUT2D eigenvalue weighted by Crippen LogP contribution is 2.27. The first-order valence-corrected chi connectivity index (χ1v) is 7.89. The van der Waals surface area contributed by atoms with Crippen LogP contribution in [0.25, 0.3) is 11.5 Å². The van der Waals surface area contributed by atoms with Gasteiger partial charge in [-0.1, -0.05) is 18.2 Å². The molecule has 0 unspecified atom stereocenters. The van der Waals surface area contributed by atoms with Gasteiger partial charge in [0, 0.05) is 19.2 Å². The van der Waals surface area contributed by atoms with E-state index in [2.05, 4.69) is 4.98 Å². The number of benzene rings is 1. The minimum absolute atomic E-state index is 0.00369. The summed E-state index contributed by atoms with van der Waals surface area (Å²) in [5.41, 5.74) is 0.676. The zero-order chi connectivity index (χ0) is 19.3. The molecule has 0 saturated carbocycles. The first-order valence-electron chi connectivity index (χ1n) is 7.89. The highest BCUT2D eigenvalue weighted by Gasteiger charge is 2.31. The summed E-state index contributed by atoms with van der Waals surface area (Å²) in [6, 6.07) is 10.9. The van der Waals surface area contributed by atoms with E-state index < -0.39 is 31.0 Å². The molecule has 1 heterocycles. The number of rotatable bonds is 8. The summed E-state index contributed by atoms with van der Waals surface area (Å²) in [6.45, 7) is -0.976. The molecule has 9 nitrogen and oxygen atoms in total. The SMILES string of the molecule is CN(C[C@H](O)[C@H](O)[C@H](O)[C@H](O)CO)c1oc(-c2ccccc2)nc1C#N. The van der Waals surface area contributed by atoms with Gasteiger partial charge in [-0.05, 0) is 12.1 Å². The van der Waals surface area contributed by atoms with Crippen LogP contribution >= 0.6 is 0 Å². The van der Waals surface area contributed by atoms with E-state index in [1.165, 1.54) is 11.9 Å². The Bertz CT molecular complexity index is 745. The Morgan fingerprint density at radius 2 is 1.73 bits per heavy atom. The molecule has 5 N–H and O–H groups in total. The first kappa shape index (κ1) is 19.8. The van der Waals surface area contributed by atoms with Crippen molar-refractivity contribution in [1.82, 2.24) is 4.98 Å². The van der Waals surface area contributed by atoms with Crippen LogP contribution in [0.4, 0.5) is 5.88 Å². The normalized spacial score (nSPS) is 15.7. The Kier molecular flexibility index (Phi) is 6.68. The van der Waals surface area contributed by atoms with Crippen LogP contribution in [0.3, 0.4) is 0 Å². The molecule has 9 heteroatoms. The van der Waals surface area contributed by atoms with E-state index in [4.69, 9.17) is 9.52 Å². The number of nitriles is 1. The molecular formula is C17H21N3O6. The minimum atomic E-state index is -1.73. The molecule has 0 aliphatic heterocycles. The Labute approximate surface area is 150 Å². The average Bonchev–Trinajstić information content (AvgIpc) is 3.11. The fourth-order valence-corrected chi connectivity index (χ4v) is 2.38. The summed E-state index contributed by atoms with van der Waals surface area (Å²) in [5.74, 6) is 0.324. The highest BCUT2D eigenvalue weighted by molar-refractivity contribution is 5.59. The maximum Gasteiger partial charge on any atom is 0.234 e. The third-order valence-corrected chi connectivity index (χ3v) is 3.87. The molecule has 0 amide bonds. The lowest BCUT2D eigenvalue weighted by Crippen LogP contribution is -2.49. The number of hydrogen-bond donors (Lipinski definition) is 5. The van der Waals surface area contributed by atoms with Gasteiger partial charge in [0.15, 0.2) is 0 Å². The zero-order valence-corrected chi connectivity index (χ0v) is 14.1. The smallest absolute Gasteiger partial charge is 0.234 e. The molecule has 4 atom stereocenters. The summed E-state index contributed by atoms with van der Waals surface area (Å²) in [6.07, 6.45) is -6.50. The fraction of sp³-hybridized carbons (Fsp3) is 0.412. The first-order chi connectivity index (χ1) is 12.4. The lowest BCUT2D eigenvalue weighted by Gasteiger charge is -2.28. The van der Waals surface area contributed by atoms with Crippen molar-refractivity contribution < 1.29 is 29.9 Å². The fourth-order valence-electron chi connectivity index (χ4n) is 2.38. The Hall–Kier alpha value is -2.48. The van der Waals surface area contributed by atoms with Gasteiger partial charge in [-0.25, -0.2) is 0 Å². The van der Waals surface area contributed by atoms with Gasteiger partial charge in [-0.3, -0.25) is 0 Å². The van der Waals surface area contributed by atoms with Crippen LogP contribution in [0.2, 0.25) is 0 Å². The van der Waals surface area contributed by atoms with Crippen molar-refractivity contribution in [3.05, 3.63) is 36.0 Å². The quantitative estimate of drug-likeness (QED) is 0.401. The molecule has 0 bridgehead atoms. The Morgan fingerprint density at radius 3 is 2.31 bits per heavy atom. The molecule has 2 aromatic rings. The molecule has 0 aliphatic rings. The summed E-state index contributed by atoms with van der Waals surface area (Å²) in [5, 5.41) is 57.0. The largest absolute Gasteiger partial charge is 0.419 e. The topological polar surface area (TPSA) is 154 Å². The summed E-state index contributed by atoms with van der Waals surface area (Å²) >= 11 is 0. The monoisotopic (exact) mass is 363 g/mol. The van der Waals surface area contributed by atoms with E-state index in [9.17, 15) is 25.7 Å². The van der Waals surface area contributed by atoms with Crippen LogP contribution in [-0.2, 0) is 0 Å². The van der Waals surface area contributed by atoms with Gasteiger partial charge in [0.2, 0.25) is 17.5 Å². The van der Waals surface area contributed by atoms with Crippen LogP contribution in [0.15, 0.2) is 34.7 Å². The van der Waals surface area contributed by atoms with Crippen molar-refractivity contribution in [3.8, 4) is 17.5 Å². The second-order valence-electron chi connectivity index (χ2n) is 5.83. The van der Waals surface area contributed by atoms with E-state index in [1.54, 1.807) is 24.3 Å². The number of oxazole rings is 1. The van der Waals surface area contributed by atoms with Crippen molar-refractivity contribution >= 4 is 5.88 Å². The molecule has 0 radical (unpaired) electrons. The van der Waals surface area contributed by atoms with Gasteiger partial charge in [-0.15, -0.1) is 0 Å². The van der Waals surface area contributed by atoms with Gasteiger partial charge in [0.1, 0.15) is 30.5 Å². The molecule has 0 aliphatic carbocycles. The second-order valence-corrected chi connectivity index (χ2v) is 5.83. The zero-order valence-electron chi connectivity index (χ0n) is 14.1. The molecule has 0 spiro atoms. The molecule has 0 saturated heterocycles.